The molecule has 0 spiro atoms. The van der Waals surface area contributed by atoms with Gasteiger partial charge in [-0.05, 0) is 36.6 Å². The number of hydrogen-bond acceptors (Lipinski definition) is 5. The Kier molecular flexibility index (Phi) is 6.56. The number of hydrogen-bond donors (Lipinski definition) is 1. The van der Waals surface area contributed by atoms with Crippen LogP contribution in [-0.2, 0) is 16.1 Å². The molecule has 0 saturated carbocycles. The average Bonchev–Trinajstić information content (AvgIpc) is 2.69. The van der Waals surface area contributed by atoms with Crippen LogP contribution in [0.2, 0.25) is 0 Å². The normalized spacial score (nSPS) is 15.3. The smallest absolute Gasteiger partial charge is 0.406 e. The molecule has 0 saturated heterocycles. The van der Waals surface area contributed by atoms with Crippen molar-refractivity contribution >= 4 is 11.5 Å². The first-order chi connectivity index (χ1) is 14.2. The topological polar surface area (TPSA) is 82.5 Å². The van der Waals surface area contributed by atoms with Gasteiger partial charge in [0.05, 0.1) is 31.1 Å². The number of carbonyl (C=O) groups excluding carboxylic acids is 1. The summed E-state index contributed by atoms with van der Waals surface area (Å²) in [5.41, 5.74) is 1.53. The van der Waals surface area contributed by atoms with Crippen LogP contribution in [0.15, 0.2) is 47.7 Å². The molecule has 2 aromatic rings. The molecule has 7 nitrogen and oxygen atoms in total. The fraction of sp³-hybridized carbons (Fsp3) is 0.350. The second-order valence-electron chi connectivity index (χ2n) is 6.70. The van der Waals surface area contributed by atoms with Crippen LogP contribution in [0.25, 0.3) is 5.57 Å². The number of benzene rings is 1. The van der Waals surface area contributed by atoms with E-state index in [9.17, 15) is 22.8 Å². The van der Waals surface area contributed by atoms with Gasteiger partial charge in [0.2, 0.25) is 5.91 Å². The number of alkyl halides is 3. The van der Waals surface area contributed by atoms with Crippen molar-refractivity contribution in [1.29, 1.82) is 0 Å². The lowest BCUT2D eigenvalue weighted by Crippen LogP contribution is -2.34. The number of ether oxygens (including phenoxy) is 2. The van der Waals surface area contributed by atoms with Gasteiger partial charge in [0.1, 0.15) is 12.3 Å². The Balaban J connectivity index is 1.64. The van der Waals surface area contributed by atoms with Gasteiger partial charge in [-0.2, -0.15) is 0 Å². The van der Waals surface area contributed by atoms with E-state index in [2.05, 4.69) is 15.0 Å². The molecule has 0 unspecified atom stereocenters. The van der Waals surface area contributed by atoms with Crippen LogP contribution in [0.1, 0.15) is 30.5 Å². The molecule has 0 radical (unpaired) electrons. The highest BCUT2D eigenvalue weighted by Crippen LogP contribution is 2.24. The van der Waals surface area contributed by atoms with Crippen LogP contribution < -0.4 is 15.6 Å². The summed E-state index contributed by atoms with van der Waals surface area (Å²) in [6.07, 6.45) is 0.414. The minimum atomic E-state index is -4.77. The lowest BCUT2D eigenvalue weighted by molar-refractivity contribution is -0.274. The molecule has 1 amide bonds. The highest BCUT2D eigenvalue weighted by molar-refractivity contribution is 5.76. The summed E-state index contributed by atoms with van der Waals surface area (Å²) in [5.74, 6) is -0.776. The van der Waals surface area contributed by atoms with Crippen LogP contribution >= 0.6 is 0 Å². The van der Waals surface area contributed by atoms with E-state index in [1.807, 2.05) is 6.08 Å². The van der Waals surface area contributed by atoms with Gasteiger partial charge in [0.15, 0.2) is 0 Å². The van der Waals surface area contributed by atoms with Gasteiger partial charge in [-0.15, -0.1) is 13.2 Å². The van der Waals surface area contributed by atoms with Gasteiger partial charge in [0.25, 0.3) is 5.56 Å². The summed E-state index contributed by atoms with van der Waals surface area (Å²) in [5, 5.41) is 2.71. The molecule has 160 valence electrons. The Labute approximate surface area is 170 Å². The third kappa shape index (κ3) is 5.69. The molecule has 1 aromatic carbocycles. The van der Waals surface area contributed by atoms with E-state index in [0.717, 1.165) is 5.57 Å². The molecule has 1 atom stereocenters. The lowest BCUT2D eigenvalue weighted by Gasteiger charge is -2.17. The minimum Gasteiger partial charge on any atom is -0.406 e. The molecule has 0 fully saturated rings. The van der Waals surface area contributed by atoms with E-state index in [-0.39, 0.29) is 17.9 Å². The zero-order chi connectivity index (χ0) is 21.7. The van der Waals surface area contributed by atoms with Gasteiger partial charge >= 0.3 is 6.36 Å². The van der Waals surface area contributed by atoms with Gasteiger partial charge in [-0.3, -0.25) is 14.2 Å². The third-order valence-electron chi connectivity index (χ3n) is 4.52. The largest absolute Gasteiger partial charge is 0.573 e. The van der Waals surface area contributed by atoms with Crippen molar-refractivity contribution in [3.05, 3.63) is 64.3 Å². The molecular weight excluding hydrogens is 403 g/mol. The van der Waals surface area contributed by atoms with Crippen LogP contribution in [0.3, 0.4) is 0 Å². The van der Waals surface area contributed by atoms with Crippen molar-refractivity contribution in [1.82, 2.24) is 14.9 Å². The number of nitrogens with zero attached hydrogens (tertiary/aromatic N) is 2. The summed E-state index contributed by atoms with van der Waals surface area (Å²) >= 11 is 0. The Hall–Kier alpha value is -3.14. The highest BCUT2D eigenvalue weighted by atomic mass is 19.4. The molecule has 30 heavy (non-hydrogen) atoms. The van der Waals surface area contributed by atoms with Crippen LogP contribution in [0.5, 0.6) is 5.75 Å². The summed E-state index contributed by atoms with van der Waals surface area (Å²) < 4.78 is 47.0. The molecule has 1 N–H and O–H groups in total. The first-order valence-corrected chi connectivity index (χ1v) is 9.19. The van der Waals surface area contributed by atoms with Gasteiger partial charge in [-0.25, -0.2) is 4.98 Å². The number of carbonyl (C=O) groups is 1. The first kappa shape index (κ1) is 21.6. The molecule has 1 aliphatic heterocycles. The Morgan fingerprint density at radius 2 is 2.07 bits per heavy atom. The number of rotatable bonds is 6. The lowest BCUT2D eigenvalue weighted by atomic mass is 10.0. The minimum absolute atomic E-state index is 0.233. The number of halogens is 3. The quantitative estimate of drug-likeness (QED) is 0.773. The standard InChI is InChI=1S/C20H20F3N3O4/c1-13(14-2-4-16(5-3-14)30-20(21,22)23)25-18(27)11-26-12-24-10-17(19(26)28)15-6-8-29-9-7-15/h2-6,10,12-13H,7-9,11H2,1H3,(H,25,27)/t13-/m0/s1. The number of aromatic nitrogens is 2. The van der Waals surface area contributed by atoms with Crippen molar-refractivity contribution in [2.75, 3.05) is 13.2 Å². The van der Waals surface area contributed by atoms with E-state index in [1.165, 1.54) is 41.4 Å². The molecule has 0 aliphatic carbocycles. The van der Waals surface area contributed by atoms with E-state index in [4.69, 9.17) is 4.74 Å². The Morgan fingerprint density at radius 1 is 1.33 bits per heavy atom. The molecule has 2 heterocycles. The SMILES string of the molecule is C[C@H](NC(=O)Cn1cncc(C2=CCOCC2)c1=O)c1ccc(OC(F)(F)F)cc1. The zero-order valence-corrected chi connectivity index (χ0v) is 16.1. The van der Waals surface area contributed by atoms with Crippen LogP contribution in [-0.4, -0.2) is 35.0 Å². The van der Waals surface area contributed by atoms with Gasteiger partial charge < -0.3 is 14.8 Å². The number of amides is 1. The first-order valence-electron chi connectivity index (χ1n) is 9.19. The fourth-order valence-electron chi connectivity index (χ4n) is 3.04. The van der Waals surface area contributed by atoms with Gasteiger partial charge in [0, 0.05) is 6.20 Å². The predicted octanol–water partition coefficient (Wildman–Crippen LogP) is 2.82. The maximum Gasteiger partial charge on any atom is 0.573 e. The van der Waals surface area contributed by atoms with Crippen molar-refractivity contribution < 1.29 is 27.4 Å². The fourth-order valence-corrected chi connectivity index (χ4v) is 3.04. The molecule has 1 aliphatic rings. The number of nitrogens with one attached hydrogen (secondary N) is 1. The van der Waals surface area contributed by atoms with E-state index in [0.29, 0.717) is 30.8 Å². The summed E-state index contributed by atoms with van der Waals surface area (Å²) in [6, 6.07) is 4.72. The summed E-state index contributed by atoms with van der Waals surface area (Å²) in [4.78, 5) is 29.1. The van der Waals surface area contributed by atoms with Crippen molar-refractivity contribution in [3.8, 4) is 5.75 Å². The molecule has 3 rings (SSSR count). The summed E-state index contributed by atoms with van der Waals surface area (Å²) in [6.45, 7) is 2.39. The van der Waals surface area contributed by atoms with Crippen molar-refractivity contribution in [3.63, 3.8) is 0 Å². The van der Waals surface area contributed by atoms with E-state index < -0.39 is 18.3 Å². The molecule has 1 aromatic heterocycles. The van der Waals surface area contributed by atoms with Crippen LogP contribution in [0, 0.1) is 0 Å². The monoisotopic (exact) mass is 423 g/mol. The molecule has 10 heteroatoms. The second-order valence-corrected chi connectivity index (χ2v) is 6.70. The van der Waals surface area contributed by atoms with Crippen LogP contribution in [0.4, 0.5) is 13.2 Å². The van der Waals surface area contributed by atoms with E-state index in [1.54, 1.807) is 6.92 Å². The third-order valence-corrected chi connectivity index (χ3v) is 4.52. The van der Waals surface area contributed by atoms with E-state index >= 15 is 0 Å². The molecule has 0 bridgehead atoms. The predicted molar refractivity (Wildman–Crippen MR) is 102 cm³/mol. The van der Waals surface area contributed by atoms with Crippen molar-refractivity contribution in [2.45, 2.75) is 32.3 Å². The Morgan fingerprint density at radius 3 is 2.70 bits per heavy atom. The maximum absolute atomic E-state index is 12.7. The Bertz CT molecular complexity index is 984. The van der Waals surface area contributed by atoms with Crippen molar-refractivity contribution in [2.24, 2.45) is 0 Å². The molecular formula is C20H20F3N3O4. The summed E-state index contributed by atoms with van der Waals surface area (Å²) in [7, 11) is 0. The zero-order valence-electron chi connectivity index (χ0n) is 16.1. The van der Waals surface area contributed by atoms with Gasteiger partial charge in [-0.1, -0.05) is 18.2 Å². The average molecular weight is 423 g/mol. The second kappa shape index (κ2) is 9.12. The highest BCUT2D eigenvalue weighted by Gasteiger charge is 2.31. The maximum atomic E-state index is 12.7.